The minimum atomic E-state index is -4.18. The molecule has 0 saturated heterocycles. The maximum absolute atomic E-state index is 12.8. The number of anilines is 1. The van der Waals surface area contributed by atoms with Crippen LogP contribution in [0.25, 0.3) is 0 Å². The van der Waals surface area contributed by atoms with Crippen LogP contribution >= 0.6 is 7.60 Å². The largest absolute Gasteiger partial charge is 0.510 e. The van der Waals surface area contributed by atoms with E-state index in [0.29, 0.717) is 29.2 Å². The van der Waals surface area contributed by atoms with E-state index in [0.717, 1.165) is 12.8 Å². The molecule has 0 aliphatic rings. The number of carbonyl (C=O) groups excluding carboxylic acids is 2. The van der Waals surface area contributed by atoms with Crippen LogP contribution in [0.1, 0.15) is 75.2 Å². The van der Waals surface area contributed by atoms with Gasteiger partial charge in [0.2, 0.25) is 6.79 Å². The molecule has 0 aliphatic carbocycles. The van der Waals surface area contributed by atoms with Gasteiger partial charge in [0.15, 0.2) is 0 Å². The maximum atomic E-state index is 12.8. The second-order valence-electron chi connectivity index (χ2n) is 9.39. The molecule has 1 atom stereocenters. The third-order valence-electron chi connectivity index (χ3n) is 5.48. The minimum absolute atomic E-state index is 0.125. The van der Waals surface area contributed by atoms with Crippen molar-refractivity contribution < 1.29 is 37.8 Å². The van der Waals surface area contributed by atoms with Gasteiger partial charge in [0.25, 0.3) is 5.91 Å². The summed E-state index contributed by atoms with van der Waals surface area (Å²) in [5.41, 5.74) is 1.19. The number of nitrogens with one attached hydrogen (secondary N) is 1. The van der Waals surface area contributed by atoms with Crippen molar-refractivity contribution in [2.24, 2.45) is 5.92 Å². The molecule has 1 amide bonds. The Kier molecular flexibility index (Phi) is 13.9. The minimum Gasteiger partial charge on any atom is -0.494 e. The molecule has 0 fully saturated rings. The summed E-state index contributed by atoms with van der Waals surface area (Å²) in [5.74, 6) is 0.453. The number of carbonyl (C=O) groups is 2. The number of hydrogen-bond acceptors (Lipinski definition) is 7. The van der Waals surface area contributed by atoms with Crippen molar-refractivity contribution in [3.63, 3.8) is 0 Å². The van der Waals surface area contributed by atoms with E-state index in [-0.39, 0.29) is 24.6 Å². The molecule has 2 aromatic carbocycles. The van der Waals surface area contributed by atoms with Gasteiger partial charge in [0.1, 0.15) is 5.75 Å². The van der Waals surface area contributed by atoms with Crippen molar-refractivity contribution >= 4 is 25.3 Å². The van der Waals surface area contributed by atoms with Crippen molar-refractivity contribution in [3.8, 4) is 5.75 Å². The van der Waals surface area contributed by atoms with Crippen LogP contribution in [0.4, 0.5) is 10.5 Å². The number of benzene rings is 2. The summed E-state index contributed by atoms with van der Waals surface area (Å²) in [7, 11) is -4.18. The molecule has 38 heavy (non-hydrogen) atoms. The van der Waals surface area contributed by atoms with Crippen molar-refractivity contribution in [3.05, 3.63) is 59.7 Å². The van der Waals surface area contributed by atoms with Crippen LogP contribution < -0.4 is 10.1 Å². The molecule has 0 aliphatic heterocycles. The lowest BCUT2D eigenvalue weighted by Gasteiger charge is -2.16. The van der Waals surface area contributed by atoms with E-state index in [2.05, 4.69) is 17.0 Å². The van der Waals surface area contributed by atoms with E-state index in [4.69, 9.17) is 14.0 Å². The molecule has 1 unspecified atom stereocenters. The Balaban J connectivity index is 1.85. The van der Waals surface area contributed by atoms with E-state index in [1.807, 2.05) is 13.8 Å². The Hall–Kier alpha value is -2.87. The van der Waals surface area contributed by atoms with E-state index in [9.17, 15) is 19.0 Å². The smallest absolute Gasteiger partial charge is 0.494 e. The van der Waals surface area contributed by atoms with E-state index in [1.165, 1.54) is 25.7 Å². The third-order valence-corrected chi connectivity index (χ3v) is 6.73. The Morgan fingerprint density at radius 1 is 0.947 bits per heavy atom. The van der Waals surface area contributed by atoms with Gasteiger partial charge in [-0.25, -0.2) is 4.79 Å². The Labute approximate surface area is 225 Å². The first-order valence-corrected chi connectivity index (χ1v) is 14.8. The lowest BCUT2D eigenvalue weighted by molar-refractivity contribution is -0.00288. The molecule has 0 saturated carbocycles. The quantitative estimate of drug-likeness (QED) is 0.0924. The molecule has 10 heteroatoms. The summed E-state index contributed by atoms with van der Waals surface area (Å²) < 4.78 is 32.7. The number of amides is 1. The first-order chi connectivity index (χ1) is 18.2. The third kappa shape index (κ3) is 12.6. The van der Waals surface area contributed by atoms with Crippen molar-refractivity contribution in [2.75, 3.05) is 25.3 Å². The molecule has 0 bridgehead atoms. The Morgan fingerprint density at radius 3 is 2.34 bits per heavy atom. The van der Waals surface area contributed by atoms with Crippen molar-refractivity contribution in [1.29, 1.82) is 0 Å². The molecule has 210 valence electrons. The molecule has 0 heterocycles. The SMILES string of the molecule is CCCCCCCCOc1ccc(C(=O)Nc2ccccc2CP(=O)(O)OCOC(=O)OCC(C)C)cc1. The second kappa shape index (κ2) is 16.9. The van der Waals surface area contributed by atoms with Gasteiger partial charge in [-0.05, 0) is 48.2 Å². The topological polar surface area (TPSA) is 120 Å². The standard InChI is InChI=1S/C28H40NO8P/c1-4-5-6-7-8-11-18-34-25-16-14-23(15-17-25)27(30)29-26-13-10-9-12-24(26)20-38(32,33)37-21-36-28(31)35-19-22(2)3/h9-10,12-17,22H,4-8,11,18-21H2,1-3H3,(H,29,30)(H,32,33). The van der Waals surface area contributed by atoms with Gasteiger partial charge in [0.05, 0.1) is 19.4 Å². The zero-order valence-electron chi connectivity index (χ0n) is 22.5. The van der Waals surface area contributed by atoms with Crippen LogP contribution in [0, 0.1) is 5.92 Å². The molecular formula is C28H40NO8P. The molecule has 0 spiro atoms. The van der Waals surface area contributed by atoms with Gasteiger partial charge < -0.3 is 24.4 Å². The van der Waals surface area contributed by atoms with Crippen molar-refractivity contribution in [1.82, 2.24) is 0 Å². The fourth-order valence-corrected chi connectivity index (χ4v) is 4.46. The monoisotopic (exact) mass is 549 g/mol. The highest BCUT2D eigenvalue weighted by atomic mass is 31.2. The Morgan fingerprint density at radius 2 is 1.63 bits per heavy atom. The fraction of sp³-hybridized carbons (Fsp3) is 0.500. The van der Waals surface area contributed by atoms with E-state index in [1.54, 1.807) is 48.5 Å². The highest BCUT2D eigenvalue weighted by molar-refractivity contribution is 7.51. The molecule has 0 aromatic heterocycles. The molecule has 2 rings (SSSR count). The molecule has 2 aromatic rings. The highest BCUT2D eigenvalue weighted by Gasteiger charge is 2.23. The summed E-state index contributed by atoms with van der Waals surface area (Å²) >= 11 is 0. The van der Waals surface area contributed by atoms with E-state index >= 15 is 0 Å². The van der Waals surface area contributed by atoms with Gasteiger partial charge >= 0.3 is 13.8 Å². The fourth-order valence-electron chi connectivity index (χ4n) is 3.44. The van der Waals surface area contributed by atoms with Crippen LogP contribution in [-0.2, 0) is 24.7 Å². The lowest BCUT2D eigenvalue weighted by atomic mass is 10.1. The molecule has 0 radical (unpaired) electrons. The number of para-hydroxylation sites is 1. The summed E-state index contributed by atoms with van der Waals surface area (Å²) in [5, 5.41) is 2.77. The zero-order valence-corrected chi connectivity index (χ0v) is 23.4. The maximum Gasteiger partial charge on any atom is 0.510 e. The lowest BCUT2D eigenvalue weighted by Crippen LogP contribution is -2.14. The number of rotatable bonds is 17. The van der Waals surface area contributed by atoms with Gasteiger partial charge in [-0.3, -0.25) is 13.9 Å². The molecule has 9 nitrogen and oxygen atoms in total. The van der Waals surface area contributed by atoms with Crippen LogP contribution in [0.3, 0.4) is 0 Å². The van der Waals surface area contributed by atoms with Crippen LogP contribution in [0.2, 0.25) is 0 Å². The van der Waals surface area contributed by atoms with Gasteiger partial charge in [-0.1, -0.05) is 71.1 Å². The highest BCUT2D eigenvalue weighted by Crippen LogP contribution is 2.46. The first kappa shape index (κ1) is 31.3. The molecular weight excluding hydrogens is 509 g/mol. The second-order valence-corrected chi connectivity index (χ2v) is 11.2. The number of unbranched alkanes of at least 4 members (excludes halogenated alkanes) is 5. The van der Waals surface area contributed by atoms with E-state index < -0.39 is 20.5 Å². The van der Waals surface area contributed by atoms with Gasteiger partial charge in [0, 0.05) is 11.3 Å². The number of hydrogen-bond donors (Lipinski definition) is 2. The van der Waals surface area contributed by atoms with Crippen LogP contribution in [-0.4, -0.2) is 37.0 Å². The predicted molar refractivity (Wildman–Crippen MR) is 146 cm³/mol. The average molecular weight is 550 g/mol. The van der Waals surface area contributed by atoms with Gasteiger partial charge in [-0.2, -0.15) is 0 Å². The average Bonchev–Trinajstić information content (AvgIpc) is 2.88. The summed E-state index contributed by atoms with van der Waals surface area (Å²) in [6.45, 7) is 6.00. The summed E-state index contributed by atoms with van der Waals surface area (Å²) in [4.78, 5) is 34.5. The zero-order chi connectivity index (χ0) is 27.8. The van der Waals surface area contributed by atoms with Gasteiger partial charge in [-0.15, -0.1) is 0 Å². The first-order valence-electron chi connectivity index (χ1n) is 13.1. The van der Waals surface area contributed by atoms with Crippen LogP contribution in [0.15, 0.2) is 48.5 Å². The number of ether oxygens (including phenoxy) is 3. The predicted octanol–water partition coefficient (Wildman–Crippen LogP) is 7.15. The summed E-state index contributed by atoms with van der Waals surface area (Å²) in [6.07, 6.45) is 5.75. The van der Waals surface area contributed by atoms with Crippen molar-refractivity contribution in [2.45, 2.75) is 65.5 Å². The molecule has 2 N–H and O–H groups in total. The summed E-state index contributed by atoms with van der Waals surface area (Å²) in [6, 6.07) is 13.5. The Bertz CT molecular complexity index is 1040. The van der Waals surface area contributed by atoms with Crippen LogP contribution in [0.5, 0.6) is 5.75 Å². The normalized spacial score (nSPS) is 12.6.